The topological polar surface area (TPSA) is 40.6 Å². The Morgan fingerprint density at radius 3 is 2.40 bits per heavy atom. The van der Waals surface area contributed by atoms with Gasteiger partial charge in [-0.2, -0.15) is 0 Å². The van der Waals surface area contributed by atoms with Crippen LogP contribution in [0.2, 0.25) is 5.02 Å². The molecule has 2 heterocycles. The molecule has 2 amide bonds. The van der Waals surface area contributed by atoms with Gasteiger partial charge < -0.3 is 9.80 Å². The number of hydrogen-bond donors (Lipinski definition) is 0. The Bertz CT molecular complexity index is 784. The van der Waals surface area contributed by atoms with Gasteiger partial charge in [0.2, 0.25) is 5.91 Å². The molecule has 2 aromatic rings. The lowest BCUT2D eigenvalue weighted by molar-refractivity contribution is -0.134. The van der Waals surface area contributed by atoms with E-state index in [0.29, 0.717) is 42.7 Å². The van der Waals surface area contributed by atoms with Gasteiger partial charge in [-0.3, -0.25) is 9.59 Å². The fourth-order valence-corrected chi connectivity index (χ4v) is 4.58. The summed E-state index contributed by atoms with van der Waals surface area (Å²) in [6.45, 7) is 2.32. The monoisotopic (exact) mass is 374 g/mol. The first-order valence-electron chi connectivity index (χ1n) is 8.51. The zero-order valence-electron chi connectivity index (χ0n) is 13.7. The molecule has 1 saturated carbocycles. The van der Waals surface area contributed by atoms with Crippen molar-refractivity contribution in [3.8, 4) is 0 Å². The predicted molar refractivity (Wildman–Crippen MR) is 99.1 cm³/mol. The van der Waals surface area contributed by atoms with E-state index in [1.807, 2.05) is 23.1 Å². The molecule has 0 radical (unpaired) electrons. The first kappa shape index (κ1) is 16.6. The van der Waals surface area contributed by atoms with Crippen molar-refractivity contribution in [1.82, 2.24) is 9.80 Å². The molecule has 1 aliphatic carbocycles. The van der Waals surface area contributed by atoms with Crippen LogP contribution in [0.4, 0.5) is 0 Å². The molecular weight excluding hydrogens is 356 g/mol. The summed E-state index contributed by atoms with van der Waals surface area (Å²) in [6.07, 6.45) is 0.956. The van der Waals surface area contributed by atoms with Crippen molar-refractivity contribution in [2.45, 2.75) is 12.3 Å². The zero-order chi connectivity index (χ0) is 17.4. The Morgan fingerprint density at radius 2 is 1.72 bits per heavy atom. The van der Waals surface area contributed by atoms with E-state index in [4.69, 9.17) is 11.6 Å². The van der Waals surface area contributed by atoms with Crippen LogP contribution in [0.25, 0.3) is 0 Å². The minimum atomic E-state index is -0.0550. The van der Waals surface area contributed by atoms with E-state index in [0.717, 1.165) is 6.42 Å². The Labute approximate surface area is 156 Å². The van der Waals surface area contributed by atoms with Crippen molar-refractivity contribution in [2.24, 2.45) is 5.92 Å². The van der Waals surface area contributed by atoms with Crippen molar-refractivity contribution in [2.75, 3.05) is 26.2 Å². The van der Waals surface area contributed by atoms with E-state index in [2.05, 4.69) is 11.4 Å². The number of nitrogens with zero attached hydrogens (tertiary/aromatic N) is 2. The molecule has 1 aromatic heterocycles. The van der Waals surface area contributed by atoms with Crippen LogP contribution in [0.15, 0.2) is 41.8 Å². The van der Waals surface area contributed by atoms with Crippen molar-refractivity contribution in [3.05, 3.63) is 57.2 Å². The van der Waals surface area contributed by atoms with Gasteiger partial charge >= 0.3 is 0 Å². The van der Waals surface area contributed by atoms with Gasteiger partial charge in [-0.15, -0.1) is 11.3 Å². The molecule has 4 rings (SSSR count). The van der Waals surface area contributed by atoms with Gasteiger partial charge in [0.15, 0.2) is 0 Å². The highest BCUT2D eigenvalue weighted by Crippen LogP contribution is 2.50. The number of rotatable bonds is 3. The smallest absolute Gasteiger partial charge is 0.255 e. The summed E-state index contributed by atoms with van der Waals surface area (Å²) in [4.78, 5) is 30.3. The van der Waals surface area contributed by atoms with Crippen LogP contribution in [0.5, 0.6) is 0 Å². The largest absolute Gasteiger partial charge is 0.339 e. The lowest BCUT2D eigenvalue weighted by atomic mass is 10.1. The van der Waals surface area contributed by atoms with Crippen LogP contribution in [0, 0.1) is 5.92 Å². The van der Waals surface area contributed by atoms with Crippen LogP contribution >= 0.6 is 22.9 Å². The predicted octanol–water partition coefficient (Wildman–Crippen LogP) is 3.49. The average molecular weight is 375 g/mol. The number of hydrogen-bond acceptors (Lipinski definition) is 3. The van der Waals surface area contributed by atoms with E-state index in [9.17, 15) is 9.59 Å². The number of amides is 2. The summed E-state index contributed by atoms with van der Waals surface area (Å²) in [5.41, 5.74) is 0.531. The van der Waals surface area contributed by atoms with Gasteiger partial charge in [0, 0.05) is 42.9 Å². The third-order valence-electron chi connectivity index (χ3n) is 5.00. The number of piperazine rings is 1. The van der Waals surface area contributed by atoms with E-state index >= 15 is 0 Å². The zero-order valence-corrected chi connectivity index (χ0v) is 15.3. The van der Waals surface area contributed by atoms with E-state index in [-0.39, 0.29) is 17.7 Å². The molecule has 1 saturated heterocycles. The molecule has 2 fully saturated rings. The number of carbonyl (C=O) groups excluding carboxylic acids is 2. The molecule has 25 heavy (non-hydrogen) atoms. The average Bonchev–Trinajstić information content (AvgIpc) is 3.25. The second-order valence-corrected chi connectivity index (χ2v) is 7.95. The Balaban J connectivity index is 1.34. The molecular formula is C19H19ClN2O2S. The van der Waals surface area contributed by atoms with Gasteiger partial charge in [-0.25, -0.2) is 0 Å². The molecule has 0 bridgehead atoms. The van der Waals surface area contributed by atoms with Crippen molar-refractivity contribution < 1.29 is 9.59 Å². The Kier molecular flexibility index (Phi) is 4.52. The van der Waals surface area contributed by atoms with Crippen molar-refractivity contribution in [1.29, 1.82) is 0 Å². The van der Waals surface area contributed by atoms with E-state index < -0.39 is 0 Å². The van der Waals surface area contributed by atoms with Crippen LogP contribution in [0.1, 0.15) is 27.6 Å². The van der Waals surface area contributed by atoms with Crippen LogP contribution in [-0.2, 0) is 4.79 Å². The first-order valence-corrected chi connectivity index (χ1v) is 9.77. The number of carbonyl (C=O) groups is 2. The van der Waals surface area contributed by atoms with Gasteiger partial charge in [0.25, 0.3) is 5.91 Å². The number of benzene rings is 1. The molecule has 4 nitrogen and oxygen atoms in total. The molecule has 6 heteroatoms. The highest BCUT2D eigenvalue weighted by molar-refractivity contribution is 7.10. The van der Waals surface area contributed by atoms with Gasteiger partial charge in [0.1, 0.15) is 0 Å². The van der Waals surface area contributed by atoms with Crippen LogP contribution < -0.4 is 0 Å². The molecule has 2 atom stereocenters. The second kappa shape index (κ2) is 6.81. The summed E-state index contributed by atoms with van der Waals surface area (Å²) in [5, 5.41) is 2.54. The molecule has 1 aromatic carbocycles. The Morgan fingerprint density at radius 1 is 1.00 bits per heavy atom. The van der Waals surface area contributed by atoms with E-state index in [1.54, 1.807) is 28.4 Å². The first-order chi connectivity index (χ1) is 12.1. The minimum absolute atomic E-state index is 0.0550. The van der Waals surface area contributed by atoms with Gasteiger partial charge in [-0.1, -0.05) is 29.8 Å². The summed E-state index contributed by atoms with van der Waals surface area (Å²) in [7, 11) is 0. The van der Waals surface area contributed by atoms with Crippen LogP contribution in [-0.4, -0.2) is 47.8 Å². The number of halogens is 1. The normalized spacial score (nSPS) is 22.8. The molecule has 1 aliphatic heterocycles. The maximum Gasteiger partial charge on any atom is 0.255 e. The standard InChI is InChI=1S/C19H19ClN2O2S/c20-16-5-2-1-4-13(16)18(23)21-7-9-22(10-8-21)19(24)15-12-14(15)17-6-3-11-25-17/h1-6,11,14-15H,7-10,12H2/t14-,15-/m1/s1. The maximum absolute atomic E-state index is 12.7. The summed E-state index contributed by atoms with van der Waals surface area (Å²) in [6, 6.07) is 11.3. The number of thiophene rings is 1. The molecule has 2 aliphatic rings. The van der Waals surface area contributed by atoms with Crippen LogP contribution in [0.3, 0.4) is 0 Å². The lowest BCUT2D eigenvalue weighted by Gasteiger charge is -2.35. The van der Waals surface area contributed by atoms with Gasteiger partial charge in [0.05, 0.1) is 10.6 Å². The molecule has 0 spiro atoms. The second-order valence-electron chi connectivity index (χ2n) is 6.56. The molecule has 130 valence electrons. The summed E-state index contributed by atoms with van der Waals surface area (Å²) in [5.74, 6) is 0.712. The fourth-order valence-electron chi connectivity index (χ4n) is 3.45. The highest BCUT2D eigenvalue weighted by Gasteiger charge is 2.46. The SMILES string of the molecule is O=C(c1ccccc1Cl)N1CCN(C(=O)[C@@H]2C[C@H]2c2cccs2)CC1. The van der Waals surface area contributed by atoms with Crippen molar-refractivity contribution >= 4 is 34.8 Å². The quantitative estimate of drug-likeness (QED) is 0.825. The third kappa shape index (κ3) is 3.31. The minimum Gasteiger partial charge on any atom is -0.339 e. The fraction of sp³-hybridized carbons (Fsp3) is 0.368. The molecule has 0 unspecified atom stereocenters. The summed E-state index contributed by atoms with van der Waals surface area (Å²) >= 11 is 7.85. The van der Waals surface area contributed by atoms with Crippen molar-refractivity contribution in [3.63, 3.8) is 0 Å². The lowest BCUT2D eigenvalue weighted by Crippen LogP contribution is -2.51. The Hall–Kier alpha value is -1.85. The maximum atomic E-state index is 12.7. The molecule has 0 N–H and O–H groups in total. The highest BCUT2D eigenvalue weighted by atomic mass is 35.5. The van der Waals surface area contributed by atoms with E-state index in [1.165, 1.54) is 4.88 Å². The summed E-state index contributed by atoms with van der Waals surface area (Å²) < 4.78 is 0. The third-order valence-corrected chi connectivity index (χ3v) is 6.33. The van der Waals surface area contributed by atoms with Gasteiger partial charge in [-0.05, 0) is 30.0 Å².